The zero-order valence-electron chi connectivity index (χ0n) is 21.4. The molecule has 0 spiro atoms. The summed E-state index contributed by atoms with van der Waals surface area (Å²) in [6.07, 6.45) is 9.54. The molecule has 3 aromatic rings. The van der Waals surface area contributed by atoms with Gasteiger partial charge in [0.15, 0.2) is 0 Å². The van der Waals surface area contributed by atoms with Gasteiger partial charge in [-0.15, -0.1) is 11.3 Å². The number of hydrogen-bond donors (Lipinski definition) is 0. The van der Waals surface area contributed by atoms with Gasteiger partial charge in [0.2, 0.25) is 5.91 Å². The molecule has 0 saturated carbocycles. The van der Waals surface area contributed by atoms with Crippen LogP contribution in [0.2, 0.25) is 0 Å². The zero-order chi connectivity index (χ0) is 25.3. The van der Waals surface area contributed by atoms with Crippen molar-refractivity contribution < 1.29 is 9.53 Å². The molecule has 2 fully saturated rings. The van der Waals surface area contributed by atoms with Crippen LogP contribution < -0.4 is 4.74 Å². The maximum atomic E-state index is 12.6. The Balaban J connectivity index is 1.03. The number of benzene rings is 1. The van der Waals surface area contributed by atoms with Gasteiger partial charge in [-0.1, -0.05) is 24.3 Å². The van der Waals surface area contributed by atoms with Crippen molar-refractivity contribution in [2.75, 3.05) is 45.9 Å². The van der Waals surface area contributed by atoms with E-state index in [0.717, 1.165) is 75.8 Å². The van der Waals surface area contributed by atoms with Crippen LogP contribution in [0.15, 0.2) is 72.4 Å². The first kappa shape index (κ1) is 25.6. The van der Waals surface area contributed by atoms with Gasteiger partial charge in [0.05, 0.1) is 6.61 Å². The topological polar surface area (TPSA) is 48.9 Å². The van der Waals surface area contributed by atoms with E-state index in [2.05, 4.69) is 45.1 Å². The molecular formula is C30H36N4O2S. The Labute approximate surface area is 224 Å². The van der Waals surface area contributed by atoms with Gasteiger partial charge < -0.3 is 9.64 Å². The number of ether oxygens (including phenoxy) is 1. The molecule has 0 radical (unpaired) electrons. The molecule has 194 valence electrons. The van der Waals surface area contributed by atoms with Gasteiger partial charge in [-0.3, -0.25) is 19.6 Å². The highest BCUT2D eigenvalue weighted by molar-refractivity contribution is 7.10. The summed E-state index contributed by atoms with van der Waals surface area (Å²) < 4.78 is 6.13. The number of rotatable bonds is 9. The number of thiophene rings is 1. The van der Waals surface area contributed by atoms with Crippen molar-refractivity contribution >= 4 is 23.3 Å². The second-order valence-electron chi connectivity index (χ2n) is 10.0. The maximum absolute atomic E-state index is 12.6. The number of hydrogen-bond acceptors (Lipinski definition) is 6. The highest BCUT2D eigenvalue weighted by atomic mass is 32.1. The lowest BCUT2D eigenvalue weighted by atomic mass is 9.99. The molecule has 0 N–H and O–H groups in total. The van der Waals surface area contributed by atoms with E-state index in [0.29, 0.717) is 12.5 Å². The van der Waals surface area contributed by atoms with Gasteiger partial charge in [-0.05, 0) is 59.7 Å². The first-order valence-corrected chi connectivity index (χ1v) is 14.1. The quantitative estimate of drug-likeness (QED) is 0.383. The van der Waals surface area contributed by atoms with E-state index in [4.69, 9.17) is 4.74 Å². The number of carbonyl (C=O) groups excluding carboxylic acids is 1. The van der Waals surface area contributed by atoms with Gasteiger partial charge in [0.1, 0.15) is 5.75 Å². The molecule has 1 atom stereocenters. The van der Waals surface area contributed by atoms with Crippen LogP contribution in [0.5, 0.6) is 5.75 Å². The molecule has 0 unspecified atom stereocenters. The third-order valence-corrected chi connectivity index (χ3v) is 8.01. The Kier molecular flexibility index (Phi) is 9.00. The van der Waals surface area contributed by atoms with Crippen LogP contribution in [-0.4, -0.2) is 71.5 Å². The first-order valence-electron chi connectivity index (χ1n) is 13.3. The fraction of sp³-hybridized carbons (Fsp3) is 0.400. The number of likely N-dealkylation sites (tertiary alicyclic amines) is 1. The van der Waals surface area contributed by atoms with Crippen LogP contribution >= 0.6 is 11.3 Å². The monoisotopic (exact) mass is 516 g/mol. The van der Waals surface area contributed by atoms with Crippen molar-refractivity contribution in [2.24, 2.45) is 5.92 Å². The highest BCUT2D eigenvalue weighted by Gasteiger charge is 2.23. The minimum Gasteiger partial charge on any atom is -0.493 e. The predicted octanol–water partition coefficient (Wildman–Crippen LogP) is 4.79. The normalized spacial score (nSPS) is 19.4. The second-order valence-corrected chi connectivity index (χ2v) is 11.0. The Bertz CT molecular complexity index is 1130. The van der Waals surface area contributed by atoms with E-state index < -0.39 is 0 Å². The van der Waals surface area contributed by atoms with E-state index >= 15 is 0 Å². The molecule has 2 saturated heterocycles. The maximum Gasteiger partial charge on any atom is 0.246 e. The molecule has 1 aromatic carbocycles. The summed E-state index contributed by atoms with van der Waals surface area (Å²) >= 11 is 1.64. The van der Waals surface area contributed by atoms with Crippen LogP contribution in [0, 0.1) is 5.92 Å². The zero-order valence-corrected chi connectivity index (χ0v) is 22.2. The number of piperidine rings is 1. The van der Waals surface area contributed by atoms with Crippen molar-refractivity contribution in [2.45, 2.75) is 25.9 Å². The molecule has 0 aliphatic carbocycles. The lowest BCUT2D eigenvalue weighted by molar-refractivity contribution is -0.127. The summed E-state index contributed by atoms with van der Waals surface area (Å²) in [7, 11) is 0. The Morgan fingerprint density at radius 1 is 0.973 bits per heavy atom. The Hall–Kier alpha value is -3.00. The Morgan fingerprint density at radius 3 is 2.46 bits per heavy atom. The van der Waals surface area contributed by atoms with Crippen LogP contribution in [0.4, 0.5) is 0 Å². The molecule has 5 rings (SSSR count). The fourth-order valence-electron chi connectivity index (χ4n) is 5.06. The van der Waals surface area contributed by atoms with E-state index in [-0.39, 0.29) is 5.91 Å². The lowest BCUT2D eigenvalue weighted by Gasteiger charge is -2.34. The smallest absolute Gasteiger partial charge is 0.246 e. The minimum atomic E-state index is 0.0976. The summed E-state index contributed by atoms with van der Waals surface area (Å²) in [6, 6.07) is 16.7. The third kappa shape index (κ3) is 7.74. The molecule has 2 aliphatic rings. The average molecular weight is 517 g/mol. The van der Waals surface area contributed by atoms with E-state index in [1.807, 2.05) is 46.9 Å². The van der Waals surface area contributed by atoms with Crippen molar-refractivity contribution in [3.05, 3.63) is 88.4 Å². The van der Waals surface area contributed by atoms with E-state index in [1.165, 1.54) is 11.1 Å². The van der Waals surface area contributed by atoms with Gasteiger partial charge >= 0.3 is 0 Å². The molecule has 7 heteroatoms. The summed E-state index contributed by atoms with van der Waals surface area (Å²) in [6.45, 7) is 8.52. The number of pyridine rings is 1. The number of amides is 1. The third-order valence-electron chi connectivity index (χ3n) is 7.17. The molecule has 4 heterocycles. The molecular weight excluding hydrogens is 480 g/mol. The molecule has 37 heavy (non-hydrogen) atoms. The fourth-order valence-corrected chi connectivity index (χ4v) is 5.68. The van der Waals surface area contributed by atoms with Crippen molar-refractivity contribution in [3.8, 4) is 5.75 Å². The van der Waals surface area contributed by atoms with Crippen LogP contribution in [0.25, 0.3) is 6.08 Å². The van der Waals surface area contributed by atoms with Crippen LogP contribution in [0.3, 0.4) is 0 Å². The van der Waals surface area contributed by atoms with Crippen molar-refractivity contribution in [3.63, 3.8) is 0 Å². The number of piperazine rings is 1. The van der Waals surface area contributed by atoms with Crippen LogP contribution in [0.1, 0.15) is 28.8 Å². The van der Waals surface area contributed by atoms with E-state index in [9.17, 15) is 4.79 Å². The molecule has 2 aliphatic heterocycles. The summed E-state index contributed by atoms with van der Waals surface area (Å²) in [4.78, 5) is 24.9. The highest BCUT2D eigenvalue weighted by Crippen LogP contribution is 2.21. The molecule has 0 bridgehead atoms. The standard InChI is InChI=1S/C30H36N4O2S/c35-30(12-11-29-6-3-19-37-29)34-14-2-5-27(23-34)24-36-28-9-7-25(8-10-28)21-32-15-17-33(18-16-32)22-26-4-1-13-31-20-26/h1,3-4,6-13,19-20,27H,2,5,14-18,21-24H2/b12-11+/t27-/m0/s1. The second kappa shape index (κ2) is 13.0. The predicted molar refractivity (Wildman–Crippen MR) is 149 cm³/mol. The number of aromatic nitrogens is 1. The summed E-state index contributed by atoms with van der Waals surface area (Å²) in [5, 5.41) is 2.03. The van der Waals surface area contributed by atoms with Gasteiger partial charge in [-0.2, -0.15) is 0 Å². The van der Waals surface area contributed by atoms with Gasteiger partial charge in [0.25, 0.3) is 0 Å². The minimum absolute atomic E-state index is 0.0976. The molecule has 2 aromatic heterocycles. The van der Waals surface area contributed by atoms with E-state index in [1.54, 1.807) is 17.4 Å². The number of carbonyl (C=O) groups is 1. The Morgan fingerprint density at radius 2 is 1.76 bits per heavy atom. The summed E-state index contributed by atoms with van der Waals surface area (Å²) in [5.41, 5.74) is 2.60. The van der Waals surface area contributed by atoms with Crippen molar-refractivity contribution in [1.29, 1.82) is 0 Å². The molecule has 1 amide bonds. The first-order chi connectivity index (χ1) is 18.2. The van der Waals surface area contributed by atoms with Crippen LogP contribution in [-0.2, 0) is 17.9 Å². The average Bonchev–Trinajstić information content (AvgIpc) is 3.47. The number of nitrogens with zero attached hydrogens (tertiary/aromatic N) is 4. The summed E-state index contributed by atoms with van der Waals surface area (Å²) in [5.74, 6) is 1.38. The van der Waals surface area contributed by atoms with Crippen molar-refractivity contribution in [1.82, 2.24) is 19.7 Å². The van der Waals surface area contributed by atoms with Gasteiger partial charge in [0, 0.05) is 81.6 Å². The largest absolute Gasteiger partial charge is 0.493 e. The van der Waals surface area contributed by atoms with Gasteiger partial charge in [-0.25, -0.2) is 0 Å². The SMILES string of the molecule is O=C(/C=C/c1cccs1)N1CCC[C@H](COc2ccc(CN3CCN(Cc4cccnc4)CC3)cc2)C1. The lowest BCUT2D eigenvalue weighted by Crippen LogP contribution is -2.45. The molecule has 6 nitrogen and oxygen atoms in total.